The number of hydrogen-bond donors (Lipinski definition) is 1. The number of rotatable bonds is 4. The van der Waals surface area contributed by atoms with Crippen molar-refractivity contribution in [2.75, 3.05) is 25.2 Å². The lowest BCUT2D eigenvalue weighted by molar-refractivity contribution is 0.100. The normalized spacial score (nSPS) is 13.4. The number of nitrogens with two attached hydrogens (primary N) is 1. The first-order chi connectivity index (χ1) is 13.2. The number of pyridine rings is 1. The highest BCUT2D eigenvalue weighted by Crippen LogP contribution is 2.40. The number of thiophene rings is 1. The van der Waals surface area contributed by atoms with Gasteiger partial charge >= 0.3 is 0 Å². The molecule has 1 aliphatic heterocycles. The Bertz CT molecular complexity index is 973. The Kier molecular flexibility index (Phi) is 4.68. The fourth-order valence-electron chi connectivity index (χ4n) is 3.24. The van der Waals surface area contributed by atoms with Gasteiger partial charge in [-0.1, -0.05) is 6.07 Å². The van der Waals surface area contributed by atoms with Crippen LogP contribution in [0.1, 0.15) is 15.9 Å². The highest BCUT2D eigenvalue weighted by atomic mass is 32.1. The molecule has 0 aliphatic carbocycles. The molecule has 138 valence electrons. The minimum absolute atomic E-state index is 0.405. The van der Waals surface area contributed by atoms with Crippen molar-refractivity contribution in [1.29, 1.82) is 0 Å². The number of hydrogen-bond acceptors (Lipinski definition) is 6. The molecule has 4 rings (SSSR count). The number of carbonyl (C=O) groups is 1. The molecule has 1 amide bonds. The fraction of sp³-hybridized carbons (Fsp3) is 0.200. The highest BCUT2D eigenvalue weighted by molar-refractivity contribution is 7.13. The number of amides is 1. The summed E-state index contributed by atoms with van der Waals surface area (Å²) in [6, 6.07) is 11.6. The summed E-state index contributed by atoms with van der Waals surface area (Å²) < 4.78 is 11.6. The van der Waals surface area contributed by atoms with Crippen molar-refractivity contribution in [2.45, 2.75) is 6.54 Å². The third-order valence-electron chi connectivity index (χ3n) is 4.48. The van der Waals surface area contributed by atoms with E-state index in [9.17, 15) is 4.79 Å². The van der Waals surface area contributed by atoms with Crippen LogP contribution in [0.4, 0.5) is 5.82 Å². The molecule has 0 unspecified atom stereocenters. The van der Waals surface area contributed by atoms with Crippen LogP contribution in [0.3, 0.4) is 0 Å². The zero-order valence-corrected chi connectivity index (χ0v) is 15.7. The number of aromatic nitrogens is 1. The van der Waals surface area contributed by atoms with Gasteiger partial charge in [-0.05, 0) is 41.3 Å². The molecule has 1 aliphatic rings. The standard InChI is InChI=1S/C20H19N3O3S/c1-25-16-11-13(17-5-3-9-27-17)10-14-12-23(7-8-26-18(14)16)20-15(19(21)24)4-2-6-22-20/h2-6,9-11H,7-8,12H2,1H3,(H2,21,24). The van der Waals surface area contributed by atoms with Gasteiger partial charge in [0.1, 0.15) is 12.4 Å². The molecule has 3 aromatic rings. The topological polar surface area (TPSA) is 77.7 Å². The SMILES string of the molecule is COc1cc(-c2cccs2)cc2c1OCCN(c1ncccc1C(N)=O)C2. The van der Waals surface area contributed by atoms with Crippen LogP contribution in [0.15, 0.2) is 48.0 Å². The minimum Gasteiger partial charge on any atom is -0.493 e. The second kappa shape index (κ2) is 7.28. The van der Waals surface area contributed by atoms with Crippen molar-refractivity contribution < 1.29 is 14.3 Å². The van der Waals surface area contributed by atoms with Gasteiger partial charge in [-0.15, -0.1) is 11.3 Å². The molecule has 3 heterocycles. The largest absolute Gasteiger partial charge is 0.493 e. The van der Waals surface area contributed by atoms with Crippen LogP contribution in [0, 0.1) is 0 Å². The molecule has 27 heavy (non-hydrogen) atoms. The van der Waals surface area contributed by atoms with Crippen LogP contribution in [-0.4, -0.2) is 31.2 Å². The molecule has 0 atom stereocenters. The summed E-state index contributed by atoms with van der Waals surface area (Å²) in [6.45, 7) is 1.59. The molecule has 6 nitrogen and oxygen atoms in total. The molecule has 0 bridgehead atoms. The van der Waals surface area contributed by atoms with Gasteiger partial charge in [0.25, 0.3) is 5.91 Å². The number of benzene rings is 1. The lowest BCUT2D eigenvalue weighted by Gasteiger charge is -2.22. The molecule has 1 aromatic carbocycles. The van der Waals surface area contributed by atoms with Gasteiger partial charge in [-0.25, -0.2) is 4.98 Å². The minimum atomic E-state index is -0.492. The van der Waals surface area contributed by atoms with E-state index >= 15 is 0 Å². The first-order valence-electron chi connectivity index (χ1n) is 8.54. The molecular weight excluding hydrogens is 362 g/mol. The van der Waals surface area contributed by atoms with E-state index in [2.05, 4.69) is 17.1 Å². The Morgan fingerprint density at radius 1 is 1.33 bits per heavy atom. The number of fused-ring (bicyclic) bond motifs is 1. The molecule has 2 aromatic heterocycles. The van der Waals surface area contributed by atoms with Crippen molar-refractivity contribution in [3.8, 4) is 21.9 Å². The van der Waals surface area contributed by atoms with Crippen LogP contribution in [-0.2, 0) is 6.54 Å². The van der Waals surface area contributed by atoms with E-state index in [4.69, 9.17) is 15.2 Å². The number of primary amides is 1. The maximum atomic E-state index is 11.8. The van der Waals surface area contributed by atoms with Crippen LogP contribution in [0.5, 0.6) is 11.5 Å². The van der Waals surface area contributed by atoms with Crippen molar-refractivity contribution in [1.82, 2.24) is 4.98 Å². The summed E-state index contributed by atoms with van der Waals surface area (Å²) in [5.74, 6) is 1.51. The Hall–Kier alpha value is -3.06. The van der Waals surface area contributed by atoms with Crippen molar-refractivity contribution in [2.24, 2.45) is 5.73 Å². The van der Waals surface area contributed by atoms with Crippen molar-refractivity contribution >= 4 is 23.1 Å². The summed E-state index contributed by atoms with van der Waals surface area (Å²) in [7, 11) is 1.64. The Morgan fingerprint density at radius 3 is 2.96 bits per heavy atom. The lowest BCUT2D eigenvalue weighted by Crippen LogP contribution is -2.29. The molecule has 0 saturated heterocycles. The van der Waals surface area contributed by atoms with E-state index in [0.29, 0.717) is 36.8 Å². The number of ether oxygens (including phenoxy) is 2. The third-order valence-corrected chi connectivity index (χ3v) is 5.40. The van der Waals surface area contributed by atoms with Gasteiger partial charge < -0.3 is 20.1 Å². The van der Waals surface area contributed by atoms with Gasteiger partial charge in [0.2, 0.25) is 0 Å². The maximum Gasteiger partial charge on any atom is 0.252 e. The first kappa shape index (κ1) is 17.4. The van der Waals surface area contributed by atoms with Crippen LogP contribution in [0.2, 0.25) is 0 Å². The van der Waals surface area contributed by atoms with E-state index in [1.807, 2.05) is 22.4 Å². The van der Waals surface area contributed by atoms with Gasteiger partial charge in [-0.3, -0.25) is 4.79 Å². The lowest BCUT2D eigenvalue weighted by atomic mass is 10.1. The van der Waals surface area contributed by atoms with Gasteiger partial charge in [0.05, 0.1) is 19.2 Å². The number of anilines is 1. The van der Waals surface area contributed by atoms with E-state index in [1.165, 1.54) is 0 Å². The summed E-state index contributed by atoms with van der Waals surface area (Å²) in [4.78, 5) is 19.4. The predicted molar refractivity (Wildman–Crippen MR) is 106 cm³/mol. The van der Waals surface area contributed by atoms with E-state index in [-0.39, 0.29) is 0 Å². The highest BCUT2D eigenvalue weighted by Gasteiger charge is 2.24. The Labute approximate surface area is 161 Å². The quantitative estimate of drug-likeness (QED) is 0.750. The third kappa shape index (κ3) is 3.33. The molecule has 2 N–H and O–H groups in total. The molecule has 0 radical (unpaired) electrons. The zero-order chi connectivity index (χ0) is 18.8. The molecule has 0 saturated carbocycles. The first-order valence-corrected chi connectivity index (χ1v) is 9.42. The number of nitrogens with zero attached hydrogens (tertiary/aromatic N) is 2. The van der Waals surface area contributed by atoms with Gasteiger partial charge in [0, 0.05) is 23.2 Å². The molecule has 7 heteroatoms. The number of methoxy groups -OCH3 is 1. The second-order valence-corrected chi connectivity index (χ2v) is 7.10. The molecule has 0 fully saturated rings. The molecular formula is C20H19N3O3S. The van der Waals surface area contributed by atoms with Crippen molar-refractivity contribution in [3.63, 3.8) is 0 Å². The summed E-state index contributed by atoms with van der Waals surface area (Å²) >= 11 is 1.67. The summed E-state index contributed by atoms with van der Waals surface area (Å²) in [6.07, 6.45) is 1.66. The zero-order valence-electron chi connectivity index (χ0n) is 14.8. The van der Waals surface area contributed by atoms with Crippen LogP contribution in [0.25, 0.3) is 10.4 Å². The average molecular weight is 381 g/mol. The number of carbonyl (C=O) groups excluding carboxylic acids is 1. The molecule has 0 spiro atoms. The fourth-order valence-corrected chi connectivity index (χ4v) is 3.96. The Morgan fingerprint density at radius 2 is 2.22 bits per heavy atom. The van der Waals surface area contributed by atoms with E-state index in [0.717, 1.165) is 21.8 Å². The van der Waals surface area contributed by atoms with E-state index in [1.54, 1.807) is 36.8 Å². The predicted octanol–water partition coefficient (Wildman–Crippen LogP) is 3.32. The average Bonchev–Trinajstić information content (AvgIpc) is 3.14. The smallest absolute Gasteiger partial charge is 0.252 e. The van der Waals surface area contributed by atoms with Gasteiger partial charge in [-0.2, -0.15) is 0 Å². The summed E-state index contributed by atoms with van der Waals surface area (Å²) in [5, 5.41) is 2.04. The van der Waals surface area contributed by atoms with Gasteiger partial charge in [0.15, 0.2) is 11.5 Å². The summed E-state index contributed by atoms with van der Waals surface area (Å²) in [5.41, 5.74) is 7.99. The van der Waals surface area contributed by atoms with Crippen LogP contribution >= 0.6 is 11.3 Å². The van der Waals surface area contributed by atoms with Crippen molar-refractivity contribution in [3.05, 3.63) is 59.1 Å². The monoisotopic (exact) mass is 381 g/mol. The van der Waals surface area contributed by atoms with Crippen LogP contribution < -0.4 is 20.1 Å². The van der Waals surface area contributed by atoms with E-state index < -0.39 is 5.91 Å². The maximum absolute atomic E-state index is 11.8. The Balaban J connectivity index is 1.78. The second-order valence-electron chi connectivity index (χ2n) is 6.15.